The fourth-order valence-corrected chi connectivity index (χ4v) is 2.00. The predicted molar refractivity (Wildman–Crippen MR) is 83.8 cm³/mol. The standard InChI is InChI=1S/C17H30O4/c1-7-9-10-11-12-14(16(19)20-8-2)13(3)15(18)21-17(4,5)6/h7,9,13-14H,8,10-12H2,1-6H3. The largest absolute Gasteiger partial charge is 0.466 e. The molecule has 0 saturated heterocycles. The van der Waals surface area contributed by atoms with Gasteiger partial charge in [0.15, 0.2) is 0 Å². The highest BCUT2D eigenvalue weighted by Gasteiger charge is 2.33. The minimum Gasteiger partial charge on any atom is -0.466 e. The van der Waals surface area contributed by atoms with E-state index in [1.807, 2.05) is 33.8 Å². The van der Waals surface area contributed by atoms with E-state index in [0.29, 0.717) is 13.0 Å². The minimum absolute atomic E-state index is 0.309. The molecule has 0 aliphatic carbocycles. The Balaban J connectivity index is 4.76. The van der Waals surface area contributed by atoms with Crippen LogP contribution in [0.15, 0.2) is 12.2 Å². The number of hydrogen-bond acceptors (Lipinski definition) is 4. The van der Waals surface area contributed by atoms with Gasteiger partial charge in [-0.2, -0.15) is 0 Å². The summed E-state index contributed by atoms with van der Waals surface area (Å²) in [5.74, 6) is -1.58. The van der Waals surface area contributed by atoms with Gasteiger partial charge in [-0.1, -0.05) is 19.1 Å². The molecule has 0 amide bonds. The first-order valence-corrected chi connectivity index (χ1v) is 7.73. The van der Waals surface area contributed by atoms with E-state index in [4.69, 9.17) is 9.47 Å². The molecule has 0 aliphatic heterocycles. The fourth-order valence-electron chi connectivity index (χ4n) is 2.00. The molecule has 0 bridgehead atoms. The Bertz CT molecular complexity index is 352. The molecule has 0 spiro atoms. The van der Waals surface area contributed by atoms with Crippen molar-refractivity contribution in [3.8, 4) is 0 Å². The molecule has 2 atom stereocenters. The number of hydrogen-bond donors (Lipinski definition) is 0. The summed E-state index contributed by atoms with van der Waals surface area (Å²) in [7, 11) is 0. The molecule has 0 aliphatic rings. The van der Waals surface area contributed by atoms with Gasteiger partial charge >= 0.3 is 11.9 Å². The first kappa shape index (κ1) is 19.7. The summed E-state index contributed by atoms with van der Waals surface area (Å²) in [5, 5.41) is 0. The topological polar surface area (TPSA) is 52.6 Å². The average Bonchev–Trinajstić information content (AvgIpc) is 2.36. The van der Waals surface area contributed by atoms with Crippen LogP contribution in [0.3, 0.4) is 0 Å². The molecule has 4 heteroatoms. The Morgan fingerprint density at radius 2 is 1.81 bits per heavy atom. The van der Waals surface area contributed by atoms with Crippen molar-refractivity contribution in [2.75, 3.05) is 6.61 Å². The van der Waals surface area contributed by atoms with Gasteiger partial charge in [0.25, 0.3) is 0 Å². The number of allylic oxidation sites excluding steroid dienone is 2. The number of ether oxygens (including phenoxy) is 2. The van der Waals surface area contributed by atoms with Crippen LogP contribution in [0.4, 0.5) is 0 Å². The van der Waals surface area contributed by atoms with Gasteiger partial charge in [-0.25, -0.2) is 0 Å². The lowest BCUT2D eigenvalue weighted by Gasteiger charge is -2.26. The maximum Gasteiger partial charge on any atom is 0.310 e. The lowest BCUT2D eigenvalue weighted by atomic mass is 9.89. The third-order valence-corrected chi connectivity index (χ3v) is 3.09. The van der Waals surface area contributed by atoms with Crippen LogP contribution in [0.2, 0.25) is 0 Å². The molecule has 21 heavy (non-hydrogen) atoms. The first-order valence-electron chi connectivity index (χ1n) is 7.73. The zero-order valence-corrected chi connectivity index (χ0v) is 14.3. The van der Waals surface area contributed by atoms with Crippen molar-refractivity contribution in [3.63, 3.8) is 0 Å². The van der Waals surface area contributed by atoms with E-state index in [1.165, 1.54) is 0 Å². The number of esters is 2. The van der Waals surface area contributed by atoms with Crippen LogP contribution in [0.25, 0.3) is 0 Å². The maximum absolute atomic E-state index is 12.2. The summed E-state index contributed by atoms with van der Waals surface area (Å²) < 4.78 is 10.5. The molecule has 0 fully saturated rings. The molecule has 2 unspecified atom stereocenters. The third kappa shape index (κ3) is 8.53. The average molecular weight is 298 g/mol. The molecule has 0 heterocycles. The molecule has 0 saturated carbocycles. The maximum atomic E-state index is 12.2. The van der Waals surface area contributed by atoms with Gasteiger partial charge in [0.1, 0.15) is 5.60 Å². The molecule has 0 aromatic carbocycles. The van der Waals surface area contributed by atoms with Crippen LogP contribution < -0.4 is 0 Å². The lowest BCUT2D eigenvalue weighted by molar-refractivity contribution is -0.167. The van der Waals surface area contributed by atoms with Gasteiger partial charge in [0, 0.05) is 0 Å². The fraction of sp³-hybridized carbons (Fsp3) is 0.765. The molecular weight excluding hydrogens is 268 g/mol. The van der Waals surface area contributed by atoms with Crippen molar-refractivity contribution in [1.29, 1.82) is 0 Å². The number of carbonyl (C=O) groups excluding carboxylic acids is 2. The van der Waals surface area contributed by atoms with Crippen LogP contribution in [-0.2, 0) is 19.1 Å². The van der Waals surface area contributed by atoms with Gasteiger partial charge in [-0.05, 0) is 53.9 Å². The summed E-state index contributed by atoms with van der Waals surface area (Å²) in [6.45, 7) is 11.3. The molecule has 122 valence electrons. The van der Waals surface area contributed by atoms with Crippen LogP contribution >= 0.6 is 0 Å². The SMILES string of the molecule is CC=CCCCC(C(=O)OCC)C(C)C(=O)OC(C)(C)C. The Labute approximate surface area is 128 Å². The van der Waals surface area contributed by atoms with Crippen molar-refractivity contribution < 1.29 is 19.1 Å². The zero-order chi connectivity index (χ0) is 16.5. The summed E-state index contributed by atoms with van der Waals surface area (Å²) in [5.41, 5.74) is -0.546. The highest BCUT2D eigenvalue weighted by Crippen LogP contribution is 2.24. The molecule has 0 radical (unpaired) electrons. The van der Waals surface area contributed by atoms with Gasteiger partial charge in [0.05, 0.1) is 18.4 Å². The van der Waals surface area contributed by atoms with E-state index in [1.54, 1.807) is 13.8 Å². The minimum atomic E-state index is -0.546. The van der Waals surface area contributed by atoms with E-state index in [-0.39, 0.29) is 11.9 Å². The highest BCUT2D eigenvalue weighted by atomic mass is 16.6. The second-order valence-electron chi connectivity index (χ2n) is 6.18. The molecule has 0 aromatic rings. The van der Waals surface area contributed by atoms with Crippen molar-refractivity contribution in [2.45, 2.75) is 66.4 Å². The van der Waals surface area contributed by atoms with E-state index in [9.17, 15) is 9.59 Å². The smallest absolute Gasteiger partial charge is 0.310 e. The molecule has 0 aromatic heterocycles. The lowest BCUT2D eigenvalue weighted by Crippen LogP contribution is -2.34. The molecule has 0 rings (SSSR count). The second-order valence-corrected chi connectivity index (χ2v) is 6.18. The molecule has 0 N–H and O–H groups in total. The van der Waals surface area contributed by atoms with E-state index >= 15 is 0 Å². The number of rotatable bonds is 8. The summed E-state index contributed by atoms with van der Waals surface area (Å²) in [6, 6.07) is 0. The Morgan fingerprint density at radius 3 is 2.29 bits per heavy atom. The van der Waals surface area contributed by atoms with E-state index in [0.717, 1.165) is 12.8 Å². The Morgan fingerprint density at radius 1 is 1.19 bits per heavy atom. The monoisotopic (exact) mass is 298 g/mol. The second kappa shape index (κ2) is 9.59. The van der Waals surface area contributed by atoms with Crippen LogP contribution in [0.5, 0.6) is 0 Å². The van der Waals surface area contributed by atoms with Crippen LogP contribution in [-0.4, -0.2) is 24.1 Å². The van der Waals surface area contributed by atoms with Crippen molar-refractivity contribution in [1.82, 2.24) is 0 Å². The van der Waals surface area contributed by atoms with Gasteiger partial charge in [-0.15, -0.1) is 0 Å². The Hall–Kier alpha value is -1.32. The van der Waals surface area contributed by atoms with Crippen molar-refractivity contribution in [3.05, 3.63) is 12.2 Å². The van der Waals surface area contributed by atoms with Gasteiger partial charge in [-0.3, -0.25) is 9.59 Å². The number of carbonyl (C=O) groups is 2. The highest BCUT2D eigenvalue weighted by molar-refractivity contribution is 5.82. The third-order valence-electron chi connectivity index (χ3n) is 3.09. The van der Waals surface area contributed by atoms with Crippen LogP contribution in [0.1, 0.15) is 60.8 Å². The first-order chi connectivity index (χ1) is 9.72. The summed E-state index contributed by atoms with van der Waals surface area (Å²) >= 11 is 0. The van der Waals surface area contributed by atoms with Gasteiger partial charge < -0.3 is 9.47 Å². The van der Waals surface area contributed by atoms with Crippen molar-refractivity contribution >= 4 is 11.9 Å². The van der Waals surface area contributed by atoms with Crippen molar-refractivity contribution in [2.24, 2.45) is 11.8 Å². The normalized spacial score (nSPS) is 14.8. The predicted octanol–water partition coefficient (Wildman–Crippen LogP) is 3.89. The Kier molecular flexibility index (Phi) is 8.98. The van der Waals surface area contributed by atoms with Gasteiger partial charge in [0.2, 0.25) is 0 Å². The molecular formula is C17H30O4. The summed E-state index contributed by atoms with van der Waals surface area (Å²) in [4.78, 5) is 24.2. The zero-order valence-electron chi connectivity index (χ0n) is 14.3. The quantitative estimate of drug-likeness (QED) is 0.387. The van der Waals surface area contributed by atoms with E-state index < -0.39 is 17.4 Å². The number of unbranched alkanes of at least 4 members (excludes halogenated alkanes) is 1. The van der Waals surface area contributed by atoms with E-state index in [2.05, 4.69) is 6.08 Å². The molecule has 4 nitrogen and oxygen atoms in total. The van der Waals surface area contributed by atoms with Crippen LogP contribution in [0, 0.1) is 11.8 Å². The summed E-state index contributed by atoms with van der Waals surface area (Å²) in [6.07, 6.45) is 6.41.